The summed E-state index contributed by atoms with van der Waals surface area (Å²) < 4.78 is 6.15. The number of piperidine rings is 1. The molecule has 0 radical (unpaired) electrons. The van der Waals surface area contributed by atoms with Crippen LogP contribution < -0.4 is 10.1 Å². The van der Waals surface area contributed by atoms with Crippen LogP contribution in [0.15, 0.2) is 66.8 Å². The molecule has 32 heavy (non-hydrogen) atoms. The van der Waals surface area contributed by atoms with Gasteiger partial charge >= 0.3 is 0 Å². The van der Waals surface area contributed by atoms with Gasteiger partial charge in [-0.2, -0.15) is 0 Å². The molecule has 0 amide bonds. The summed E-state index contributed by atoms with van der Waals surface area (Å²) in [5.74, 6) is 1.66. The van der Waals surface area contributed by atoms with Gasteiger partial charge in [-0.1, -0.05) is 30.0 Å². The lowest BCUT2D eigenvalue weighted by atomic mass is 10.1. The van der Waals surface area contributed by atoms with Crippen molar-refractivity contribution in [2.45, 2.75) is 18.9 Å². The SMILES string of the molecule is C=C(Nc1cc2cc(-c3nncs3)ccc2cn1)c1ccc(OC2CCN(C)CC2)cc1. The normalized spacial score (nSPS) is 15.0. The molecule has 0 spiro atoms. The fraction of sp³-hybridized carbons (Fsp3) is 0.240. The van der Waals surface area contributed by atoms with Crippen molar-refractivity contribution in [3.05, 3.63) is 72.4 Å². The Kier molecular flexibility index (Phi) is 5.83. The van der Waals surface area contributed by atoms with E-state index in [1.54, 1.807) is 5.51 Å². The van der Waals surface area contributed by atoms with Gasteiger partial charge in [0.2, 0.25) is 0 Å². The number of hydrogen-bond acceptors (Lipinski definition) is 7. The number of nitrogens with zero attached hydrogens (tertiary/aromatic N) is 4. The van der Waals surface area contributed by atoms with Crippen LogP contribution in [0.5, 0.6) is 5.75 Å². The quantitative estimate of drug-likeness (QED) is 0.436. The number of anilines is 1. The molecule has 1 fully saturated rings. The smallest absolute Gasteiger partial charge is 0.147 e. The zero-order valence-corrected chi connectivity index (χ0v) is 18.8. The van der Waals surface area contributed by atoms with Crippen LogP contribution in [0.3, 0.4) is 0 Å². The first-order chi connectivity index (χ1) is 15.6. The molecule has 6 nitrogen and oxygen atoms in total. The Morgan fingerprint density at radius 2 is 1.91 bits per heavy atom. The van der Waals surface area contributed by atoms with Gasteiger partial charge in [-0.3, -0.25) is 0 Å². The van der Waals surface area contributed by atoms with Crippen molar-refractivity contribution < 1.29 is 4.74 Å². The summed E-state index contributed by atoms with van der Waals surface area (Å²) in [4.78, 5) is 6.88. The van der Waals surface area contributed by atoms with E-state index in [2.05, 4.69) is 51.2 Å². The number of fused-ring (bicyclic) bond motifs is 1. The van der Waals surface area contributed by atoms with Crippen LogP contribution in [0, 0.1) is 0 Å². The molecule has 2 aromatic carbocycles. The summed E-state index contributed by atoms with van der Waals surface area (Å²) in [6, 6.07) is 16.4. The van der Waals surface area contributed by atoms with E-state index in [1.807, 2.05) is 42.6 Å². The zero-order valence-electron chi connectivity index (χ0n) is 18.0. The number of benzene rings is 2. The maximum Gasteiger partial charge on any atom is 0.147 e. The van der Waals surface area contributed by atoms with E-state index < -0.39 is 0 Å². The monoisotopic (exact) mass is 443 g/mol. The van der Waals surface area contributed by atoms with Gasteiger partial charge in [-0.15, -0.1) is 10.2 Å². The van der Waals surface area contributed by atoms with E-state index >= 15 is 0 Å². The molecule has 2 aromatic heterocycles. The Morgan fingerprint density at radius 3 is 2.66 bits per heavy atom. The Bertz CT molecular complexity index is 1220. The van der Waals surface area contributed by atoms with Gasteiger partial charge in [0, 0.05) is 35.9 Å². The maximum absolute atomic E-state index is 6.15. The van der Waals surface area contributed by atoms with Crippen molar-refractivity contribution in [2.24, 2.45) is 0 Å². The third-order valence-corrected chi connectivity index (χ3v) is 6.52. The van der Waals surface area contributed by atoms with Crippen molar-refractivity contribution in [3.8, 4) is 16.3 Å². The number of hydrogen-bond donors (Lipinski definition) is 1. The zero-order chi connectivity index (χ0) is 21.9. The van der Waals surface area contributed by atoms with Crippen LogP contribution in [-0.4, -0.2) is 46.3 Å². The number of ether oxygens (including phenoxy) is 1. The Morgan fingerprint density at radius 1 is 1.09 bits per heavy atom. The van der Waals surface area contributed by atoms with Gasteiger partial charge < -0.3 is 15.0 Å². The van der Waals surface area contributed by atoms with Crippen LogP contribution in [0.1, 0.15) is 18.4 Å². The Hall–Kier alpha value is -3.29. The molecule has 0 bridgehead atoms. The first-order valence-electron chi connectivity index (χ1n) is 10.7. The summed E-state index contributed by atoms with van der Waals surface area (Å²) in [5.41, 5.74) is 4.59. The second-order valence-corrected chi connectivity index (χ2v) is 8.96. The standard InChI is InChI=1S/C25H25N5OS/c1-17(18-5-7-22(8-6-18)31-23-9-11-30(2)12-10-23)28-24-14-21-13-19(25-29-27-16-32-25)3-4-20(21)15-26-24/h3-8,13-16,23H,1,9-12H2,2H3,(H,26,28). The van der Waals surface area contributed by atoms with Crippen LogP contribution in [0.25, 0.3) is 27.0 Å². The Labute approximate surface area is 191 Å². The van der Waals surface area contributed by atoms with Crippen molar-refractivity contribution in [3.63, 3.8) is 0 Å². The minimum Gasteiger partial charge on any atom is -0.490 e. The van der Waals surface area contributed by atoms with Crippen molar-refractivity contribution >= 4 is 33.6 Å². The molecule has 4 aromatic rings. The molecule has 0 atom stereocenters. The first-order valence-corrected chi connectivity index (χ1v) is 11.6. The molecular formula is C25H25N5OS. The molecule has 7 heteroatoms. The number of nitrogens with one attached hydrogen (secondary N) is 1. The van der Waals surface area contributed by atoms with Crippen molar-refractivity contribution in [1.29, 1.82) is 0 Å². The van der Waals surface area contributed by atoms with Crippen LogP contribution >= 0.6 is 11.3 Å². The van der Waals surface area contributed by atoms with Gasteiger partial charge in [-0.05, 0) is 67.2 Å². The van der Waals surface area contributed by atoms with E-state index in [0.29, 0.717) is 6.10 Å². The first kappa shape index (κ1) is 20.6. The lowest BCUT2D eigenvalue weighted by molar-refractivity contribution is 0.114. The molecule has 1 aliphatic heterocycles. The molecule has 5 rings (SSSR count). The highest BCUT2D eigenvalue weighted by Gasteiger charge is 2.18. The molecule has 3 heterocycles. The molecule has 0 saturated carbocycles. The maximum atomic E-state index is 6.15. The van der Waals surface area contributed by atoms with E-state index in [0.717, 1.165) is 70.1 Å². The van der Waals surface area contributed by atoms with E-state index in [9.17, 15) is 0 Å². The minimum atomic E-state index is 0.297. The summed E-state index contributed by atoms with van der Waals surface area (Å²) in [6.07, 6.45) is 4.31. The third kappa shape index (κ3) is 4.64. The molecule has 1 N–H and O–H groups in total. The molecule has 1 saturated heterocycles. The molecular weight excluding hydrogens is 418 g/mol. The van der Waals surface area contributed by atoms with E-state index in [1.165, 1.54) is 11.3 Å². The van der Waals surface area contributed by atoms with Crippen LogP contribution in [0.2, 0.25) is 0 Å². The topological polar surface area (TPSA) is 63.2 Å². The van der Waals surface area contributed by atoms with Gasteiger partial charge in [-0.25, -0.2) is 4.98 Å². The van der Waals surface area contributed by atoms with E-state index in [4.69, 9.17) is 4.74 Å². The number of rotatable bonds is 6. The molecule has 0 aliphatic carbocycles. The fourth-order valence-electron chi connectivity index (χ4n) is 3.90. The highest BCUT2D eigenvalue weighted by atomic mass is 32.1. The Balaban J connectivity index is 1.26. The number of aromatic nitrogens is 3. The van der Waals surface area contributed by atoms with Crippen LogP contribution in [-0.2, 0) is 0 Å². The summed E-state index contributed by atoms with van der Waals surface area (Å²) in [5, 5.41) is 14.5. The molecule has 1 aliphatic rings. The predicted molar refractivity (Wildman–Crippen MR) is 131 cm³/mol. The summed E-state index contributed by atoms with van der Waals surface area (Å²) >= 11 is 1.53. The second-order valence-electron chi connectivity index (χ2n) is 8.12. The molecule has 162 valence electrons. The van der Waals surface area contributed by atoms with Crippen molar-refractivity contribution in [2.75, 3.05) is 25.5 Å². The summed E-state index contributed by atoms with van der Waals surface area (Å²) in [7, 11) is 2.16. The second kappa shape index (κ2) is 9.06. The fourth-order valence-corrected chi connectivity index (χ4v) is 4.45. The predicted octanol–water partition coefficient (Wildman–Crippen LogP) is 5.31. The van der Waals surface area contributed by atoms with Gasteiger partial charge in [0.25, 0.3) is 0 Å². The molecule has 0 unspecified atom stereocenters. The lowest BCUT2D eigenvalue weighted by Gasteiger charge is -2.29. The average molecular weight is 444 g/mol. The average Bonchev–Trinajstić information content (AvgIpc) is 3.36. The van der Waals surface area contributed by atoms with E-state index in [-0.39, 0.29) is 0 Å². The largest absolute Gasteiger partial charge is 0.490 e. The lowest BCUT2D eigenvalue weighted by Crippen LogP contribution is -2.35. The van der Waals surface area contributed by atoms with Gasteiger partial charge in [0.15, 0.2) is 0 Å². The van der Waals surface area contributed by atoms with Gasteiger partial charge in [0.05, 0.1) is 0 Å². The highest BCUT2D eigenvalue weighted by molar-refractivity contribution is 7.12. The van der Waals surface area contributed by atoms with Crippen molar-refractivity contribution in [1.82, 2.24) is 20.1 Å². The number of likely N-dealkylation sites (tertiary alicyclic amines) is 1. The number of pyridine rings is 1. The third-order valence-electron chi connectivity index (χ3n) is 5.78. The highest BCUT2D eigenvalue weighted by Crippen LogP contribution is 2.27. The van der Waals surface area contributed by atoms with Crippen LogP contribution in [0.4, 0.5) is 5.82 Å². The van der Waals surface area contributed by atoms with Gasteiger partial charge in [0.1, 0.15) is 28.2 Å². The minimum absolute atomic E-state index is 0.297. The summed E-state index contributed by atoms with van der Waals surface area (Å²) in [6.45, 7) is 6.37.